The molecular formula is C27H27F3N4O2S. The van der Waals surface area contributed by atoms with E-state index in [2.05, 4.69) is 9.98 Å². The second-order valence-corrected chi connectivity index (χ2v) is 9.82. The molecule has 0 saturated carbocycles. The molecule has 1 unspecified atom stereocenters. The highest BCUT2D eigenvalue weighted by atomic mass is 32.2. The largest absolute Gasteiger partial charge is 0.390 e. The molecule has 194 valence electrons. The van der Waals surface area contributed by atoms with Crippen molar-refractivity contribution < 1.29 is 22.6 Å². The molecule has 2 N–H and O–H groups in total. The maximum Gasteiger partial charge on any atom is 0.177 e. The average molecular weight is 529 g/mol. The van der Waals surface area contributed by atoms with E-state index in [1.807, 2.05) is 13.0 Å². The van der Waals surface area contributed by atoms with Crippen molar-refractivity contribution in [2.24, 2.45) is 15.7 Å². The topological polar surface area (TPSA) is 93.0 Å². The molecule has 0 aliphatic carbocycles. The first-order valence-electron chi connectivity index (χ1n) is 11.5. The minimum atomic E-state index is -0.637. The van der Waals surface area contributed by atoms with Gasteiger partial charge in [0.1, 0.15) is 23.8 Å². The number of allylic oxidation sites excluding steroid dienone is 2. The van der Waals surface area contributed by atoms with Gasteiger partial charge in [0.15, 0.2) is 6.29 Å². The van der Waals surface area contributed by atoms with Gasteiger partial charge in [-0.3, -0.25) is 4.99 Å². The summed E-state index contributed by atoms with van der Waals surface area (Å²) in [4.78, 5) is 7.95. The molecule has 37 heavy (non-hydrogen) atoms. The van der Waals surface area contributed by atoms with Crippen LogP contribution in [0.15, 0.2) is 64.6 Å². The molecule has 1 saturated heterocycles. The van der Waals surface area contributed by atoms with Crippen LogP contribution in [0.4, 0.5) is 13.2 Å². The minimum absolute atomic E-state index is 0.0000105. The van der Waals surface area contributed by atoms with E-state index in [0.29, 0.717) is 24.3 Å². The van der Waals surface area contributed by atoms with Gasteiger partial charge in [0.05, 0.1) is 36.4 Å². The number of nitrogens with zero attached hydrogens (tertiary/aromatic N) is 3. The molecule has 6 nitrogen and oxygen atoms in total. The molecule has 1 fully saturated rings. The molecule has 0 amide bonds. The Labute approximate surface area is 218 Å². The van der Waals surface area contributed by atoms with Gasteiger partial charge in [-0.15, -0.1) is 11.8 Å². The van der Waals surface area contributed by atoms with E-state index in [4.69, 9.17) is 20.5 Å². The lowest BCUT2D eigenvalue weighted by atomic mass is 9.95. The maximum absolute atomic E-state index is 14.5. The van der Waals surface area contributed by atoms with Crippen molar-refractivity contribution in [3.05, 3.63) is 88.8 Å². The summed E-state index contributed by atoms with van der Waals surface area (Å²) >= 11 is 1.58. The second-order valence-electron chi connectivity index (χ2n) is 8.14. The summed E-state index contributed by atoms with van der Waals surface area (Å²) in [5.41, 5.74) is 6.23. The first-order chi connectivity index (χ1) is 17.9. The summed E-state index contributed by atoms with van der Waals surface area (Å²) < 4.78 is 53.5. The van der Waals surface area contributed by atoms with E-state index in [1.165, 1.54) is 30.6 Å². The fraction of sp³-hybridized carbons (Fsp3) is 0.296. The molecule has 0 radical (unpaired) electrons. The van der Waals surface area contributed by atoms with E-state index >= 15 is 0 Å². The van der Waals surface area contributed by atoms with Gasteiger partial charge in [-0.2, -0.15) is 5.26 Å². The Kier molecular flexibility index (Phi) is 11.0. The molecular weight excluding hydrogens is 501 g/mol. The van der Waals surface area contributed by atoms with Gasteiger partial charge in [0.2, 0.25) is 0 Å². The van der Waals surface area contributed by atoms with E-state index in [1.54, 1.807) is 42.1 Å². The number of hydrogen-bond donors (Lipinski definition) is 1. The SMILES string of the molecule is C[C@@H](SC1COC(/C=C/C=C/c2ccc(C#N)cc2F)OC1)C(CN=CN=CN)c1ccc(F)cc1F. The number of hydrogen-bond acceptors (Lipinski definition) is 5. The number of rotatable bonds is 10. The highest BCUT2D eigenvalue weighted by Gasteiger charge is 2.28. The van der Waals surface area contributed by atoms with Crippen molar-refractivity contribution in [2.75, 3.05) is 19.8 Å². The lowest BCUT2D eigenvalue weighted by Crippen LogP contribution is -2.34. The third-order valence-electron chi connectivity index (χ3n) is 5.55. The molecule has 1 aliphatic rings. The number of aliphatic imine (C=N–C) groups is 2. The van der Waals surface area contributed by atoms with E-state index < -0.39 is 23.7 Å². The van der Waals surface area contributed by atoms with Crippen molar-refractivity contribution in [1.82, 2.24) is 0 Å². The van der Waals surface area contributed by atoms with Crippen LogP contribution in [0.5, 0.6) is 0 Å². The normalized spacial score (nSPS) is 20.2. The van der Waals surface area contributed by atoms with Crippen LogP contribution in [0, 0.1) is 28.8 Å². The van der Waals surface area contributed by atoms with Crippen LogP contribution >= 0.6 is 11.8 Å². The Morgan fingerprint density at radius 1 is 1.14 bits per heavy atom. The Balaban J connectivity index is 1.54. The van der Waals surface area contributed by atoms with Crippen molar-refractivity contribution in [3.63, 3.8) is 0 Å². The standard InChI is InChI=1S/C27H27F3N4O2S/c1-18(24(13-33-17-34-16-32)23-9-8-21(28)11-26(23)30)37-22-14-35-27(36-15-22)5-3-2-4-20-7-6-19(12-31)10-25(20)29/h2-11,16-18,22,24,27H,13-15H2,1H3,(H2,32,33,34)/b4-2+,5-3+/t18-,22?,24?,27?/m1/s1. The summed E-state index contributed by atoms with van der Waals surface area (Å²) in [5, 5.41) is 8.72. The third-order valence-corrected chi connectivity index (χ3v) is 6.96. The summed E-state index contributed by atoms with van der Waals surface area (Å²) in [6.45, 7) is 3.04. The fourth-order valence-corrected chi connectivity index (χ4v) is 5.03. The summed E-state index contributed by atoms with van der Waals surface area (Å²) in [6.07, 6.45) is 8.53. The van der Waals surface area contributed by atoms with Crippen LogP contribution < -0.4 is 5.73 Å². The maximum atomic E-state index is 14.5. The molecule has 0 bridgehead atoms. The van der Waals surface area contributed by atoms with Gasteiger partial charge in [-0.1, -0.05) is 37.3 Å². The van der Waals surface area contributed by atoms with Crippen LogP contribution in [0.3, 0.4) is 0 Å². The van der Waals surface area contributed by atoms with Crippen LogP contribution in [0.25, 0.3) is 6.08 Å². The lowest BCUT2D eigenvalue weighted by Gasteiger charge is -2.31. The molecule has 10 heteroatoms. The Bertz CT molecular complexity index is 1200. The zero-order valence-electron chi connectivity index (χ0n) is 20.1. The van der Waals surface area contributed by atoms with Crippen LogP contribution in [-0.2, 0) is 9.47 Å². The smallest absolute Gasteiger partial charge is 0.177 e. The quantitative estimate of drug-likeness (QED) is 0.260. The van der Waals surface area contributed by atoms with Crippen molar-refractivity contribution in [2.45, 2.75) is 29.6 Å². The van der Waals surface area contributed by atoms with Gasteiger partial charge in [0, 0.05) is 29.3 Å². The number of nitrogens with two attached hydrogens (primary N) is 1. The zero-order chi connectivity index (χ0) is 26.6. The summed E-state index contributed by atoms with van der Waals surface area (Å²) in [5.74, 6) is -2.06. The molecule has 3 rings (SSSR count). The minimum Gasteiger partial charge on any atom is -0.390 e. The average Bonchev–Trinajstić information content (AvgIpc) is 2.89. The molecule has 2 aromatic rings. The molecule has 2 aromatic carbocycles. The second kappa shape index (κ2) is 14.4. The van der Waals surface area contributed by atoms with E-state index in [0.717, 1.165) is 12.4 Å². The summed E-state index contributed by atoms with van der Waals surface area (Å²) in [6, 6.07) is 9.72. The Hall–Kier alpha value is -3.39. The number of benzene rings is 2. The highest BCUT2D eigenvalue weighted by molar-refractivity contribution is 8.00. The van der Waals surface area contributed by atoms with Crippen molar-refractivity contribution >= 4 is 30.5 Å². The van der Waals surface area contributed by atoms with E-state index in [-0.39, 0.29) is 28.5 Å². The van der Waals surface area contributed by atoms with Crippen LogP contribution in [0.2, 0.25) is 0 Å². The Morgan fingerprint density at radius 3 is 2.59 bits per heavy atom. The zero-order valence-corrected chi connectivity index (χ0v) is 21.0. The molecule has 2 atom stereocenters. The molecule has 1 aliphatic heterocycles. The molecule has 0 spiro atoms. The van der Waals surface area contributed by atoms with Gasteiger partial charge >= 0.3 is 0 Å². The first kappa shape index (κ1) is 28.2. The number of ether oxygens (including phenoxy) is 2. The fourth-order valence-electron chi connectivity index (χ4n) is 3.68. The number of thioether (sulfide) groups is 1. The van der Waals surface area contributed by atoms with Crippen LogP contribution in [0.1, 0.15) is 29.5 Å². The Morgan fingerprint density at radius 2 is 1.92 bits per heavy atom. The highest BCUT2D eigenvalue weighted by Crippen LogP contribution is 2.34. The first-order valence-corrected chi connectivity index (χ1v) is 12.4. The van der Waals surface area contributed by atoms with Crippen molar-refractivity contribution in [1.29, 1.82) is 5.26 Å². The van der Waals surface area contributed by atoms with Gasteiger partial charge in [0.25, 0.3) is 0 Å². The van der Waals surface area contributed by atoms with Gasteiger partial charge < -0.3 is 15.2 Å². The van der Waals surface area contributed by atoms with Gasteiger partial charge in [-0.25, -0.2) is 18.2 Å². The summed E-state index contributed by atoms with van der Waals surface area (Å²) in [7, 11) is 0. The predicted molar refractivity (Wildman–Crippen MR) is 141 cm³/mol. The number of nitriles is 1. The van der Waals surface area contributed by atoms with Crippen molar-refractivity contribution in [3.8, 4) is 6.07 Å². The third kappa shape index (κ3) is 8.60. The number of halogens is 3. The predicted octanol–water partition coefficient (Wildman–Crippen LogP) is 5.21. The monoisotopic (exact) mass is 528 g/mol. The van der Waals surface area contributed by atoms with Gasteiger partial charge in [-0.05, 0) is 29.8 Å². The molecule has 0 aromatic heterocycles. The van der Waals surface area contributed by atoms with E-state index in [9.17, 15) is 13.2 Å². The molecule has 1 heterocycles. The van der Waals surface area contributed by atoms with Crippen LogP contribution in [-0.4, -0.2) is 49.2 Å². The lowest BCUT2D eigenvalue weighted by molar-refractivity contribution is -0.146.